The van der Waals surface area contributed by atoms with E-state index in [9.17, 15) is 14.6 Å². The standard InChI is InChI=1S/C22H20FN4O2/c1-12-10-18(22(29)21(12)28)25-19-8-9-24-20-11-17(26-27(19)20)15-6-2-5-14-13(15)4-3-7-16(14)23/h2-9,11-12,18,21-22,25,28-29H,1,10H2/t12-,18-,21-,22+/m1/s1. The third kappa shape index (κ3) is 2.94. The summed E-state index contributed by atoms with van der Waals surface area (Å²) in [7, 11) is 0. The van der Waals surface area contributed by atoms with E-state index >= 15 is 0 Å². The quantitative estimate of drug-likeness (QED) is 0.500. The average Bonchev–Trinajstić information content (AvgIpc) is 3.26. The SMILES string of the molecule is [CH2][C@@H]1C[C@@H](Nc2ccnc3cc(-c4cccc5c(F)cccc45)nn23)[C@H](O)[C@@H]1O. The number of aliphatic hydroxyl groups is 2. The monoisotopic (exact) mass is 391 g/mol. The predicted octanol–water partition coefficient (Wildman–Crippen LogP) is 3.04. The molecule has 5 rings (SSSR count). The molecule has 0 saturated heterocycles. The van der Waals surface area contributed by atoms with Crippen molar-refractivity contribution in [1.82, 2.24) is 14.6 Å². The fourth-order valence-electron chi connectivity index (χ4n) is 4.09. The molecule has 6 nitrogen and oxygen atoms in total. The number of halogens is 1. The Morgan fingerprint density at radius 2 is 1.86 bits per heavy atom. The second kappa shape index (κ2) is 6.79. The second-order valence-electron chi connectivity index (χ2n) is 7.50. The predicted molar refractivity (Wildman–Crippen MR) is 109 cm³/mol. The molecule has 1 fully saturated rings. The van der Waals surface area contributed by atoms with Crippen molar-refractivity contribution in [1.29, 1.82) is 0 Å². The van der Waals surface area contributed by atoms with Crippen LogP contribution in [0.25, 0.3) is 27.7 Å². The molecule has 4 atom stereocenters. The van der Waals surface area contributed by atoms with Crippen LogP contribution in [0, 0.1) is 18.7 Å². The van der Waals surface area contributed by atoms with Gasteiger partial charge in [-0.05, 0) is 36.8 Å². The van der Waals surface area contributed by atoms with E-state index < -0.39 is 12.2 Å². The highest BCUT2D eigenvalue weighted by Crippen LogP contribution is 2.31. The average molecular weight is 391 g/mol. The van der Waals surface area contributed by atoms with Gasteiger partial charge in [0, 0.05) is 23.2 Å². The molecule has 2 aromatic heterocycles. The fourth-order valence-corrected chi connectivity index (χ4v) is 4.09. The van der Waals surface area contributed by atoms with Crippen LogP contribution in [-0.4, -0.2) is 43.1 Å². The second-order valence-corrected chi connectivity index (χ2v) is 7.50. The molecule has 0 bridgehead atoms. The molecule has 1 aliphatic rings. The maximum Gasteiger partial charge on any atom is 0.157 e. The van der Waals surface area contributed by atoms with Crippen molar-refractivity contribution in [2.45, 2.75) is 24.7 Å². The highest BCUT2D eigenvalue weighted by atomic mass is 19.1. The maximum atomic E-state index is 14.2. The van der Waals surface area contributed by atoms with Crippen LogP contribution in [0.15, 0.2) is 54.7 Å². The first kappa shape index (κ1) is 18.0. The van der Waals surface area contributed by atoms with Crippen LogP contribution in [0.3, 0.4) is 0 Å². The van der Waals surface area contributed by atoms with E-state index in [0.29, 0.717) is 29.0 Å². The first-order chi connectivity index (χ1) is 14.0. The molecule has 1 aliphatic carbocycles. The Kier molecular flexibility index (Phi) is 4.22. The lowest BCUT2D eigenvalue weighted by molar-refractivity contribution is 0.0256. The zero-order chi connectivity index (χ0) is 20.1. The van der Waals surface area contributed by atoms with Gasteiger partial charge in [0.15, 0.2) is 5.65 Å². The van der Waals surface area contributed by atoms with Crippen LogP contribution < -0.4 is 5.32 Å². The van der Waals surface area contributed by atoms with E-state index in [1.165, 1.54) is 6.07 Å². The van der Waals surface area contributed by atoms with Crippen molar-refractivity contribution in [3.63, 3.8) is 0 Å². The number of nitrogens with one attached hydrogen (secondary N) is 1. The van der Waals surface area contributed by atoms with E-state index in [0.717, 1.165) is 10.9 Å². The normalized spacial score (nSPS) is 24.4. The molecule has 0 aliphatic heterocycles. The summed E-state index contributed by atoms with van der Waals surface area (Å²) in [5.41, 5.74) is 2.11. The Hall–Kier alpha value is -3.03. The Labute approximate surface area is 166 Å². The van der Waals surface area contributed by atoms with Gasteiger partial charge in [-0.2, -0.15) is 9.61 Å². The van der Waals surface area contributed by atoms with E-state index in [2.05, 4.69) is 22.3 Å². The topological polar surface area (TPSA) is 82.7 Å². The minimum Gasteiger partial charge on any atom is -0.390 e. The van der Waals surface area contributed by atoms with Gasteiger partial charge in [-0.25, -0.2) is 9.37 Å². The Balaban J connectivity index is 1.57. The van der Waals surface area contributed by atoms with Gasteiger partial charge in [-0.1, -0.05) is 30.3 Å². The van der Waals surface area contributed by atoms with Crippen LogP contribution >= 0.6 is 0 Å². The highest BCUT2D eigenvalue weighted by molar-refractivity contribution is 5.96. The number of anilines is 1. The molecule has 2 heterocycles. The zero-order valence-electron chi connectivity index (χ0n) is 15.5. The summed E-state index contributed by atoms with van der Waals surface area (Å²) in [6, 6.07) is 13.7. The number of rotatable bonds is 3. The maximum absolute atomic E-state index is 14.2. The number of aromatic nitrogens is 3. The number of hydrogen-bond donors (Lipinski definition) is 3. The van der Waals surface area contributed by atoms with Gasteiger partial charge >= 0.3 is 0 Å². The molecule has 1 radical (unpaired) electrons. The molecule has 3 N–H and O–H groups in total. The molecule has 0 amide bonds. The van der Waals surface area contributed by atoms with Crippen molar-refractivity contribution in [3.05, 3.63) is 67.5 Å². The van der Waals surface area contributed by atoms with Gasteiger partial charge < -0.3 is 15.5 Å². The van der Waals surface area contributed by atoms with Gasteiger partial charge in [-0.3, -0.25) is 0 Å². The van der Waals surface area contributed by atoms with E-state index in [1.807, 2.05) is 24.3 Å². The van der Waals surface area contributed by atoms with Crippen molar-refractivity contribution in [2.75, 3.05) is 5.32 Å². The lowest BCUT2D eigenvalue weighted by atomic mass is 10.0. The van der Waals surface area contributed by atoms with Crippen LogP contribution in [0.5, 0.6) is 0 Å². The number of nitrogens with zero attached hydrogens (tertiary/aromatic N) is 3. The summed E-state index contributed by atoms with van der Waals surface area (Å²) in [5, 5.41) is 29.5. The molecular weight excluding hydrogens is 371 g/mol. The number of hydrogen-bond acceptors (Lipinski definition) is 5. The summed E-state index contributed by atoms with van der Waals surface area (Å²) in [6.07, 6.45) is 0.439. The molecule has 0 spiro atoms. The van der Waals surface area contributed by atoms with Crippen molar-refractivity contribution >= 4 is 22.2 Å². The Morgan fingerprint density at radius 1 is 1.07 bits per heavy atom. The van der Waals surface area contributed by atoms with E-state index in [-0.39, 0.29) is 17.8 Å². The van der Waals surface area contributed by atoms with E-state index in [4.69, 9.17) is 0 Å². The molecule has 4 aromatic rings. The lowest BCUT2D eigenvalue weighted by Gasteiger charge is -2.19. The van der Waals surface area contributed by atoms with Gasteiger partial charge in [0.05, 0.1) is 17.8 Å². The van der Waals surface area contributed by atoms with Crippen LogP contribution in [0.1, 0.15) is 6.42 Å². The zero-order valence-corrected chi connectivity index (χ0v) is 15.5. The minimum absolute atomic E-state index is 0.237. The molecule has 147 valence electrons. The molecule has 7 heteroatoms. The number of benzene rings is 2. The van der Waals surface area contributed by atoms with Crippen molar-refractivity contribution < 1.29 is 14.6 Å². The third-order valence-electron chi connectivity index (χ3n) is 5.64. The summed E-state index contributed by atoms with van der Waals surface area (Å²) in [4.78, 5) is 4.37. The van der Waals surface area contributed by atoms with Gasteiger partial charge in [0.1, 0.15) is 17.7 Å². The highest BCUT2D eigenvalue weighted by Gasteiger charge is 2.39. The Bertz CT molecular complexity index is 1210. The minimum atomic E-state index is -0.906. The molecular formula is C22H20FN4O2. The van der Waals surface area contributed by atoms with Crippen LogP contribution in [-0.2, 0) is 0 Å². The third-order valence-corrected chi connectivity index (χ3v) is 5.64. The van der Waals surface area contributed by atoms with Gasteiger partial charge in [-0.15, -0.1) is 0 Å². The summed E-state index contributed by atoms with van der Waals surface area (Å²) in [5.74, 6) is 0.140. The smallest absolute Gasteiger partial charge is 0.157 e. The molecule has 2 aromatic carbocycles. The number of fused-ring (bicyclic) bond motifs is 2. The largest absolute Gasteiger partial charge is 0.390 e. The molecule has 29 heavy (non-hydrogen) atoms. The van der Waals surface area contributed by atoms with Crippen LogP contribution in [0.2, 0.25) is 0 Å². The van der Waals surface area contributed by atoms with Gasteiger partial charge in [0.2, 0.25) is 0 Å². The number of aliphatic hydroxyl groups excluding tert-OH is 2. The first-order valence-corrected chi connectivity index (χ1v) is 9.51. The fraction of sp³-hybridized carbons (Fsp3) is 0.227. The molecule has 0 unspecified atom stereocenters. The first-order valence-electron chi connectivity index (χ1n) is 9.51. The Morgan fingerprint density at radius 3 is 2.66 bits per heavy atom. The van der Waals surface area contributed by atoms with Crippen LogP contribution in [0.4, 0.5) is 10.2 Å². The van der Waals surface area contributed by atoms with E-state index in [1.54, 1.807) is 28.9 Å². The van der Waals surface area contributed by atoms with Gasteiger partial charge in [0.25, 0.3) is 0 Å². The summed E-state index contributed by atoms with van der Waals surface area (Å²) >= 11 is 0. The molecule has 1 saturated carbocycles. The summed E-state index contributed by atoms with van der Waals surface area (Å²) in [6.45, 7) is 3.89. The van der Waals surface area contributed by atoms with Crippen molar-refractivity contribution in [2.24, 2.45) is 5.92 Å². The van der Waals surface area contributed by atoms with Crippen molar-refractivity contribution in [3.8, 4) is 11.3 Å². The summed E-state index contributed by atoms with van der Waals surface area (Å²) < 4.78 is 15.8. The lowest BCUT2D eigenvalue weighted by Crippen LogP contribution is -2.35.